The van der Waals surface area contributed by atoms with Crippen LogP contribution in [-0.4, -0.2) is 31.6 Å². The van der Waals surface area contributed by atoms with Crippen molar-refractivity contribution in [3.8, 4) is 5.75 Å². The first-order valence-electron chi connectivity index (χ1n) is 6.82. The number of carbonyl (C=O) groups is 1. The molecule has 1 aromatic carbocycles. The van der Waals surface area contributed by atoms with Gasteiger partial charge >= 0.3 is 5.97 Å². The Kier molecular flexibility index (Phi) is 6.23. The Morgan fingerprint density at radius 3 is 3.00 bits per heavy atom. The number of hydrogen-bond acceptors (Lipinski definition) is 5. The molecule has 0 radical (unpaired) electrons. The molecule has 23 heavy (non-hydrogen) atoms. The van der Waals surface area contributed by atoms with Crippen LogP contribution < -0.4 is 4.74 Å². The van der Waals surface area contributed by atoms with Crippen molar-refractivity contribution in [1.29, 1.82) is 0 Å². The van der Waals surface area contributed by atoms with Gasteiger partial charge in [-0.05, 0) is 25.1 Å². The fourth-order valence-electron chi connectivity index (χ4n) is 1.93. The summed E-state index contributed by atoms with van der Waals surface area (Å²) in [7, 11) is 0. The fraction of sp³-hybridized carbons (Fsp3) is 0.267. The van der Waals surface area contributed by atoms with Crippen LogP contribution in [0, 0.1) is 0 Å². The highest BCUT2D eigenvalue weighted by atomic mass is 79.9. The molecule has 0 aliphatic heterocycles. The monoisotopic (exact) mass is 397 g/mol. The average Bonchev–Trinajstić information content (AvgIpc) is 2.88. The topological polar surface area (TPSA) is 77.2 Å². The van der Waals surface area contributed by atoms with Crippen molar-refractivity contribution in [1.82, 2.24) is 14.8 Å². The third-order valence-electron chi connectivity index (χ3n) is 2.85. The smallest absolute Gasteiger partial charge is 0.313 e. The van der Waals surface area contributed by atoms with Crippen LogP contribution in [0.3, 0.4) is 0 Å². The summed E-state index contributed by atoms with van der Waals surface area (Å²) in [5.74, 6) is 0.358. The molecule has 6 nitrogen and oxygen atoms in total. The molecular formula is C15H16BrN3O3S. The zero-order chi connectivity index (χ0) is 16.8. The van der Waals surface area contributed by atoms with Crippen molar-refractivity contribution >= 4 is 33.7 Å². The minimum Gasteiger partial charge on any atom is -0.483 e. The van der Waals surface area contributed by atoms with E-state index in [1.54, 1.807) is 6.08 Å². The van der Waals surface area contributed by atoms with Gasteiger partial charge in [0.1, 0.15) is 5.75 Å². The Bertz CT molecular complexity index is 705. The van der Waals surface area contributed by atoms with Gasteiger partial charge in [-0.15, -0.1) is 16.8 Å². The maximum absolute atomic E-state index is 10.7. The van der Waals surface area contributed by atoms with E-state index in [9.17, 15) is 4.79 Å². The lowest BCUT2D eigenvalue weighted by Crippen LogP contribution is -2.12. The van der Waals surface area contributed by atoms with Crippen molar-refractivity contribution in [2.24, 2.45) is 0 Å². The van der Waals surface area contributed by atoms with E-state index < -0.39 is 5.97 Å². The van der Waals surface area contributed by atoms with Gasteiger partial charge in [-0.25, -0.2) is 0 Å². The van der Waals surface area contributed by atoms with Crippen LogP contribution in [-0.2, 0) is 11.3 Å². The van der Waals surface area contributed by atoms with Crippen LogP contribution in [0.25, 0.3) is 0 Å². The summed E-state index contributed by atoms with van der Waals surface area (Å²) in [5, 5.41) is 17.5. The summed E-state index contributed by atoms with van der Waals surface area (Å²) in [6.45, 7) is 6.07. The fourth-order valence-corrected chi connectivity index (χ4v) is 2.98. The number of carboxylic acid groups (broad SMARTS) is 1. The number of benzene rings is 1. The van der Waals surface area contributed by atoms with Gasteiger partial charge in [0.05, 0.1) is 5.75 Å². The number of rotatable bonds is 8. The van der Waals surface area contributed by atoms with Crippen molar-refractivity contribution in [2.75, 3.05) is 5.75 Å². The number of halogens is 1. The van der Waals surface area contributed by atoms with Crippen LogP contribution in [0.1, 0.15) is 18.9 Å². The summed E-state index contributed by atoms with van der Waals surface area (Å²) < 4.78 is 8.63. The third-order valence-corrected chi connectivity index (χ3v) is 4.30. The Morgan fingerprint density at radius 2 is 2.35 bits per heavy atom. The molecule has 2 rings (SSSR count). The maximum atomic E-state index is 10.7. The molecule has 2 aromatic rings. The molecule has 0 aliphatic carbocycles. The zero-order valence-corrected chi connectivity index (χ0v) is 14.9. The molecular weight excluding hydrogens is 382 g/mol. The van der Waals surface area contributed by atoms with Crippen LogP contribution in [0.15, 0.2) is 46.5 Å². The summed E-state index contributed by atoms with van der Waals surface area (Å²) in [6, 6.07) is 7.52. The van der Waals surface area contributed by atoms with Gasteiger partial charge in [-0.1, -0.05) is 39.8 Å². The molecule has 0 saturated heterocycles. The predicted octanol–water partition coefficient (Wildman–Crippen LogP) is 3.54. The van der Waals surface area contributed by atoms with E-state index in [0.29, 0.717) is 23.3 Å². The van der Waals surface area contributed by atoms with Crippen LogP contribution in [0.4, 0.5) is 0 Å². The van der Waals surface area contributed by atoms with Gasteiger partial charge < -0.3 is 9.84 Å². The number of nitrogens with zero attached hydrogens (tertiary/aromatic N) is 3. The van der Waals surface area contributed by atoms with E-state index in [4.69, 9.17) is 9.84 Å². The van der Waals surface area contributed by atoms with Crippen molar-refractivity contribution in [3.63, 3.8) is 0 Å². The predicted molar refractivity (Wildman–Crippen MR) is 91.8 cm³/mol. The summed E-state index contributed by atoms with van der Waals surface area (Å²) in [5.41, 5.74) is 0. The first kappa shape index (κ1) is 17.6. The summed E-state index contributed by atoms with van der Waals surface area (Å²) >= 11 is 4.52. The van der Waals surface area contributed by atoms with E-state index in [1.165, 1.54) is 0 Å². The second-order valence-corrected chi connectivity index (χ2v) is 6.50. The molecule has 1 N–H and O–H groups in total. The minimum atomic E-state index is -0.900. The maximum Gasteiger partial charge on any atom is 0.313 e. The van der Waals surface area contributed by atoms with E-state index in [0.717, 1.165) is 16.2 Å². The lowest BCUT2D eigenvalue weighted by atomic mass is 10.3. The Balaban J connectivity index is 2.19. The number of aromatic nitrogens is 3. The average molecular weight is 398 g/mol. The highest BCUT2D eigenvalue weighted by molar-refractivity contribution is 9.10. The molecule has 0 aliphatic rings. The highest BCUT2D eigenvalue weighted by Crippen LogP contribution is 2.26. The molecule has 1 aromatic heterocycles. The first-order valence-corrected chi connectivity index (χ1v) is 8.60. The van der Waals surface area contributed by atoms with Crippen molar-refractivity contribution < 1.29 is 14.6 Å². The Morgan fingerprint density at radius 1 is 1.57 bits per heavy atom. The number of thioether (sulfide) groups is 1. The molecule has 122 valence electrons. The summed E-state index contributed by atoms with van der Waals surface area (Å²) in [6.07, 6.45) is 1.37. The molecule has 0 bridgehead atoms. The lowest BCUT2D eigenvalue weighted by Gasteiger charge is -2.15. The molecule has 1 heterocycles. The molecule has 1 unspecified atom stereocenters. The minimum absolute atomic E-state index is 0.0733. The van der Waals surface area contributed by atoms with Gasteiger partial charge in [-0.3, -0.25) is 9.36 Å². The number of aliphatic carboxylic acids is 1. The van der Waals surface area contributed by atoms with E-state index >= 15 is 0 Å². The second kappa shape index (κ2) is 8.16. The van der Waals surface area contributed by atoms with Gasteiger partial charge in [0.15, 0.2) is 17.1 Å². The molecule has 0 saturated carbocycles. The normalized spacial score (nSPS) is 11.9. The first-order chi connectivity index (χ1) is 11.0. The van der Waals surface area contributed by atoms with Gasteiger partial charge in [0.2, 0.25) is 0 Å². The van der Waals surface area contributed by atoms with Gasteiger partial charge in [-0.2, -0.15) is 0 Å². The Labute approximate surface area is 146 Å². The molecule has 0 fully saturated rings. The van der Waals surface area contributed by atoms with Crippen molar-refractivity contribution in [3.05, 3.63) is 47.2 Å². The molecule has 1 atom stereocenters. The number of carboxylic acids is 1. The molecule has 0 amide bonds. The standard InChI is InChI=1S/C15H16BrN3O3S/c1-3-7-19-14(17-18-15(19)23-9-13(20)21)10(2)22-12-6-4-5-11(16)8-12/h3-6,8,10H,1,7,9H2,2H3,(H,20,21). The number of ether oxygens (including phenoxy) is 1. The molecule has 8 heteroatoms. The largest absolute Gasteiger partial charge is 0.483 e. The number of allylic oxidation sites excluding steroid dienone is 1. The van der Waals surface area contributed by atoms with Crippen molar-refractivity contribution in [2.45, 2.75) is 24.7 Å². The van der Waals surface area contributed by atoms with E-state index in [2.05, 4.69) is 32.7 Å². The lowest BCUT2D eigenvalue weighted by molar-refractivity contribution is -0.133. The zero-order valence-electron chi connectivity index (χ0n) is 12.5. The third kappa shape index (κ3) is 4.84. The molecule has 0 spiro atoms. The van der Waals surface area contributed by atoms with E-state index in [-0.39, 0.29) is 11.9 Å². The van der Waals surface area contributed by atoms with Crippen LogP contribution in [0.5, 0.6) is 5.75 Å². The SMILES string of the molecule is C=CCn1c(SCC(=O)O)nnc1C(C)Oc1cccc(Br)c1. The van der Waals surface area contributed by atoms with Gasteiger partial charge in [0, 0.05) is 11.0 Å². The van der Waals surface area contributed by atoms with Crippen LogP contribution >= 0.6 is 27.7 Å². The highest BCUT2D eigenvalue weighted by Gasteiger charge is 2.19. The quantitative estimate of drug-likeness (QED) is 0.542. The van der Waals surface area contributed by atoms with Crippen LogP contribution in [0.2, 0.25) is 0 Å². The van der Waals surface area contributed by atoms with Gasteiger partial charge in [0.25, 0.3) is 0 Å². The Hall–Kier alpha value is -1.80. The summed E-state index contributed by atoms with van der Waals surface area (Å²) in [4.78, 5) is 10.7. The number of hydrogen-bond donors (Lipinski definition) is 1. The van der Waals surface area contributed by atoms with E-state index in [1.807, 2.05) is 35.8 Å². The second-order valence-electron chi connectivity index (χ2n) is 4.64.